The van der Waals surface area contributed by atoms with E-state index in [4.69, 9.17) is 9.41 Å². The van der Waals surface area contributed by atoms with Crippen LogP contribution in [0.2, 0.25) is 0 Å². The molecule has 0 aliphatic carbocycles. The lowest BCUT2D eigenvalue weighted by Gasteiger charge is -2.32. The summed E-state index contributed by atoms with van der Waals surface area (Å²) < 4.78 is 6.59. The lowest BCUT2D eigenvalue weighted by atomic mass is 9.96. The first kappa shape index (κ1) is 27.8. The van der Waals surface area contributed by atoms with Crippen LogP contribution >= 0.6 is 0 Å². The van der Waals surface area contributed by atoms with Gasteiger partial charge >= 0.3 is 0 Å². The van der Waals surface area contributed by atoms with E-state index >= 15 is 0 Å². The fraction of sp³-hybridized carbons (Fsp3) is 0.0444. The quantitative estimate of drug-likeness (QED) is 0.190. The van der Waals surface area contributed by atoms with E-state index in [0.29, 0.717) is 0 Å². The predicted octanol–water partition coefficient (Wildman–Crippen LogP) is 11.0. The van der Waals surface area contributed by atoms with Crippen LogP contribution in [0.1, 0.15) is 29.0 Å². The third-order valence-corrected chi connectivity index (χ3v) is 9.92. The Balaban J connectivity index is 1.07. The highest BCUT2D eigenvalue weighted by Crippen LogP contribution is 2.38. The van der Waals surface area contributed by atoms with E-state index in [1.54, 1.807) is 0 Å². The molecule has 10 rings (SSSR count). The summed E-state index contributed by atoms with van der Waals surface area (Å²) in [6.45, 7) is 0. The maximum atomic E-state index is 6.59. The van der Waals surface area contributed by atoms with Crippen LogP contribution in [0.15, 0.2) is 173 Å². The van der Waals surface area contributed by atoms with Gasteiger partial charge in [0.1, 0.15) is 29.3 Å². The number of furan rings is 1. The zero-order valence-corrected chi connectivity index (χ0v) is 26.6. The minimum absolute atomic E-state index is 0.206. The number of amidine groups is 1. The molecule has 49 heavy (non-hydrogen) atoms. The number of hydrogen-bond donors (Lipinski definition) is 2. The maximum Gasteiger partial charge on any atom is 0.136 e. The molecule has 0 spiro atoms. The minimum Gasteiger partial charge on any atom is -0.456 e. The summed E-state index contributed by atoms with van der Waals surface area (Å²) in [5.74, 6) is 0.860. The van der Waals surface area contributed by atoms with Crippen LogP contribution in [-0.4, -0.2) is 5.84 Å². The molecule has 232 valence electrons. The second-order valence-corrected chi connectivity index (χ2v) is 12.9. The molecule has 4 nitrogen and oxygen atoms in total. The first-order valence-corrected chi connectivity index (χ1v) is 16.8. The standard InChI is InChI=1S/C45H31N3O/c1-2-11-31(12-3-1)43-46-44(35-22-17-28-9-4-5-13-32(28)25-35)48-45(47-43)38-15-8-16-40-42(38)37-24-23-34(27-41(37)49-40)33-21-20-30-19-18-29-10-6-7-14-36(29)39(30)26-33/h1-27,43,45,47H,(H,46,48). The van der Waals surface area contributed by atoms with Gasteiger partial charge in [-0.3, -0.25) is 5.32 Å². The molecule has 2 atom stereocenters. The van der Waals surface area contributed by atoms with Crippen molar-refractivity contribution in [3.05, 3.63) is 180 Å². The first-order valence-electron chi connectivity index (χ1n) is 16.8. The van der Waals surface area contributed by atoms with Crippen molar-refractivity contribution in [2.75, 3.05) is 0 Å². The monoisotopic (exact) mass is 629 g/mol. The third-order valence-electron chi connectivity index (χ3n) is 9.92. The van der Waals surface area contributed by atoms with Gasteiger partial charge in [0.25, 0.3) is 0 Å². The topological polar surface area (TPSA) is 49.6 Å². The Kier molecular flexibility index (Phi) is 6.36. The Morgan fingerprint density at radius 3 is 2.06 bits per heavy atom. The summed E-state index contributed by atoms with van der Waals surface area (Å²) in [5.41, 5.74) is 7.33. The summed E-state index contributed by atoms with van der Waals surface area (Å²) in [5, 5.41) is 17.2. The minimum atomic E-state index is -0.224. The molecule has 8 aromatic carbocycles. The summed E-state index contributed by atoms with van der Waals surface area (Å²) >= 11 is 0. The molecule has 0 bridgehead atoms. The Morgan fingerprint density at radius 2 is 1.16 bits per heavy atom. The van der Waals surface area contributed by atoms with Crippen LogP contribution in [0.3, 0.4) is 0 Å². The second-order valence-electron chi connectivity index (χ2n) is 12.9. The molecular formula is C45H31N3O. The van der Waals surface area contributed by atoms with Gasteiger partial charge in [-0.2, -0.15) is 0 Å². The molecule has 0 saturated carbocycles. The Morgan fingerprint density at radius 1 is 0.469 bits per heavy atom. The summed E-state index contributed by atoms with van der Waals surface area (Å²) in [6, 6.07) is 58.1. The van der Waals surface area contributed by atoms with Crippen molar-refractivity contribution < 1.29 is 4.42 Å². The average molecular weight is 630 g/mol. The average Bonchev–Trinajstić information content (AvgIpc) is 3.56. The molecular weight excluding hydrogens is 599 g/mol. The fourth-order valence-electron chi connectivity index (χ4n) is 7.46. The van der Waals surface area contributed by atoms with Crippen LogP contribution in [-0.2, 0) is 0 Å². The first-order chi connectivity index (χ1) is 24.2. The lowest BCUT2D eigenvalue weighted by Crippen LogP contribution is -2.45. The highest BCUT2D eigenvalue weighted by molar-refractivity contribution is 6.11. The van der Waals surface area contributed by atoms with Crippen molar-refractivity contribution >= 4 is 60.1 Å². The number of rotatable bonds is 4. The van der Waals surface area contributed by atoms with Crippen molar-refractivity contribution in [2.45, 2.75) is 12.3 Å². The molecule has 9 aromatic rings. The number of aliphatic imine (C=N–C) groups is 1. The van der Waals surface area contributed by atoms with Crippen molar-refractivity contribution in [2.24, 2.45) is 4.99 Å². The lowest BCUT2D eigenvalue weighted by molar-refractivity contribution is 0.411. The molecule has 1 aromatic heterocycles. The molecule has 2 unspecified atom stereocenters. The van der Waals surface area contributed by atoms with Crippen LogP contribution in [0.5, 0.6) is 0 Å². The van der Waals surface area contributed by atoms with Crippen molar-refractivity contribution in [3.8, 4) is 11.1 Å². The van der Waals surface area contributed by atoms with Gasteiger partial charge in [-0.25, -0.2) is 4.99 Å². The number of hydrogen-bond acceptors (Lipinski definition) is 4. The zero-order chi connectivity index (χ0) is 32.3. The Hall–Kier alpha value is -6.23. The van der Waals surface area contributed by atoms with Crippen molar-refractivity contribution in [1.29, 1.82) is 0 Å². The van der Waals surface area contributed by atoms with Crippen molar-refractivity contribution in [3.63, 3.8) is 0 Å². The molecule has 2 heterocycles. The second kappa shape index (κ2) is 11.2. The van der Waals surface area contributed by atoms with Gasteiger partial charge in [0.05, 0.1) is 0 Å². The largest absolute Gasteiger partial charge is 0.456 e. The SMILES string of the molecule is c1ccc(C2N=C(c3ccc4ccccc4c3)NC(c3cccc4oc5cc(-c6ccc7ccc8ccccc8c7c6)ccc5c34)N2)cc1. The molecule has 4 heteroatoms. The van der Waals surface area contributed by atoms with E-state index in [1.807, 2.05) is 6.07 Å². The number of nitrogens with one attached hydrogen (secondary N) is 2. The van der Waals surface area contributed by atoms with Crippen LogP contribution < -0.4 is 10.6 Å². The smallest absolute Gasteiger partial charge is 0.136 e. The maximum absolute atomic E-state index is 6.59. The van der Waals surface area contributed by atoms with Gasteiger partial charge in [-0.15, -0.1) is 0 Å². The highest BCUT2D eigenvalue weighted by Gasteiger charge is 2.28. The number of nitrogens with zero attached hydrogens (tertiary/aromatic N) is 1. The molecule has 1 aliphatic rings. The summed E-state index contributed by atoms with van der Waals surface area (Å²) in [6.07, 6.45) is -0.431. The van der Waals surface area contributed by atoms with Gasteiger partial charge in [-0.1, -0.05) is 133 Å². The molecule has 0 amide bonds. The van der Waals surface area contributed by atoms with E-state index < -0.39 is 0 Å². The number of fused-ring (bicyclic) bond motifs is 7. The summed E-state index contributed by atoms with van der Waals surface area (Å²) in [4.78, 5) is 5.19. The zero-order valence-electron chi connectivity index (χ0n) is 26.6. The molecule has 0 fully saturated rings. The van der Waals surface area contributed by atoms with Gasteiger partial charge in [0, 0.05) is 21.9 Å². The predicted molar refractivity (Wildman–Crippen MR) is 203 cm³/mol. The summed E-state index contributed by atoms with van der Waals surface area (Å²) in [7, 11) is 0. The van der Waals surface area contributed by atoms with E-state index in [-0.39, 0.29) is 12.3 Å². The third kappa shape index (κ3) is 4.76. The normalized spacial score (nSPS) is 16.4. The molecule has 0 radical (unpaired) electrons. The Bertz CT molecular complexity index is 2740. The van der Waals surface area contributed by atoms with E-state index in [9.17, 15) is 0 Å². The Labute approximate surface area is 283 Å². The van der Waals surface area contributed by atoms with Crippen LogP contribution in [0.25, 0.3) is 65.4 Å². The highest BCUT2D eigenvalue weighted by atomic mass is 16.3. The van der Waals surface area contributed by atoms with E-state index in [1.165, 1.54) is 37.9 Å². The van der Waals surface area contributed by atoms with Gasteiger partial charge in [0.15, 0.2) is 0 Å². The van der Waals surface area contributed by atoms with Gasteiger partial charge in [0.2, 0.25) is 0 Å². The molecule has 1 aliphatic heterocycles. The van der Waals surface area contributed by atoms with E-state index in [0.717, 1.165) is 50.0 Å². The molecule has 2 N–H and O–H groups in total. The van der Waals surface area contributed by atoms with Crippen molar-refractivity contribution in [1.82, 2.24) is 10.6 Å². The molecule has 0 saturated heterocycles. The van der Waals surface area contributed by atoms with Crippen LogP contribution in [0, 0.1) is 0 Å². The van der Waals surface area contributed by atoms with Gasteiger partial charge in [-0.05, 0) is 79.3 Å². The van der Waals surface area contributed by atoms with Crippen LogP contribution in [0.4, 0.5) is 0 Å². The van der Waals surface area contributed by atoms with Gasteiger partial charge < -0.3 is 9.73 Å². The fourth-order valence-corrected chi connectivity index (χ4v) is 7.46. The van der Waals surface area contributed by atoms with E-state index in [2.05, 4.69) is 168 Å². The number of benzene rings is 8.